The lowest BCUT2D eigenvalue weighted by Gasteiger charge is -2.33. The predicted molar refractivity (Wildman–Crippen MR) is 115 cm³/mol. The molecule has 2 aromatic carbocycles. The summed E-state index contributed by atoms with van der Waals surface area (Å²) >= 11 is 0. The Kier molecular flexibility index (Phi) is 6.05. The zero-order valence-corrected chi connectivity index (χ0v) is 16.8. The third kappa shape index (κ3) is 4.61. The summed E-state index contributed by atoms with van der Waals surface area (Å²) in [6.07, 6.45) is 6.31. The van der Waals surface area contributed by atoms with Crippen molar-refractivity contribution in [2.24, 2.45) is 5.92 Å². The van der Waals surface area contributed by atoms with E-state index < -0.39 is 0 Å². The van der Waals surface area contributed by atoms with E-state index in [0.717, 1.165) is 37.3 Å². The quantitative estimate of drug-likeness (QED) is 0.591. The summed E-state index contributed by atoms with van der Waals surface area (Å²) in [5.74, 6) is 2.78. The van der Waals surface area contributed by atoms with Crippen molar-refractivity contribution in [2.75, 3.05) is 18.0 Å². The van der Waals surface area contributed by atoms with E-state index in [0.29, 0.717) is 0 Å². The van der Waals surface area contributed by atoms with Gasteiger partial charge in [0, 0.05) is 13.1 Å². The Morgan fingerprint density at radius 3 is 2.39 bits per heavy atom. The van der Waals surface area contributed by atoms with E-state index >= 15 is 0 Å². The average Bonchev–Trinajstić information content (AvgIpc) is 3.10. The van der Waals surface area contributed by atoms with Gasteiger partial charge in [-0.1, -0.05) is 60.7 Å². The van der Waals surface area contributed by atoms with E-state index in [1.807, 2.05) is 0 Å². The summed E-state index contributed by atoms with van der Waals surface area (Å²) in [5.41, 5.74) is 2.75. The Bertz CT molecular complexity index is 857. The maximum atomic E-state index is 4.54. The number of aryl methyl sites for hydroxylation is 2. The van der Waals surface area contributed by atoms with Gasteiger partial charge < -0.3 is 4.90 Å². The van der Waals surface area contributed by atoms with Crippen LogP contribution in [0.2, 0.25) is 0 Å². The molecular weight excluding hydrogens is 344 g/mol. The summed E-state index contributed by atoms with van der Waals surface area (Å²) in [6, 6.07) is 21.4. The van der Waals surface area contributed by atoms with Crippen LogP contribution in [0.15, 0.2) is 60.7 Å². The molecule has 0 bridgehead atoms. The fourth-order valence-electron chi connectivity index (χ4n) is 4.28. The molecule has 3 aromatic rings. The molecule has 0 amide bonds. The summed E-state index contributed by atoms with van der Waals surface area (Å²) < 4.78 is 2.27. The maximum Gasteiger partial charge on any atom is 0.227 e. The molecule has 1 aromatic heterocycles. The van der Waals surface area contributed by atoms with Crippen molar-refractivity contribution in [1.29, 1.82) is 0 Å². The molecule has 0 N–H and O–H groups in total. The summed E-state index contributed by atoms with van der Waals surface area (Å²) in [7, 11) is 0. The average molecular weight is 375 g/mol. The largest absolute Gasteiger partial charge is 0.341 e. The number of hydrogen-bond donors (Lipinski definition) is 0. The van der Waals surface area contributed by atoms with Gasteiger partial charge in [0.2, 0.25) is 5.95 Å². The molecule has 2 heterocycles. The van der Waals surface area contributed by atoms with Crippen LogP contribution in [0.4, 0.5) is 5.95 Å². The number of aromatic nitrogens is 3. The highest BCUT2D eigenvalue weighted by Gasteiger charge is 2.24. The fourth-order valence-corrected chi connectivity index (χ4v) is 4.28. The van der Waals surface area contributed by atoms with Gasteiger partial charge in [-0.25, -0.2) is 0 Å². The van der Waals surface area contributed by atoms with E-state index in [9.17, 15) is 0 Å². The van der Waals surface area contributed by atoms with Crippen molar-refractivity contribution >= 4 is 5.95 Å². The lowest BCUT2D eigenvalue weighted by atomic mass is 9.92. The van der Waals surface area contributed by atoms with Crippen LogP contribution in [0.5, 0.6) is 0 Å². The van der Waals surface area contributed by atoms with Gasteiger partial charge >= 0.3 is 0 Å². The molecule has 4 rings (SSSR count). The predicted octanol–water partition coefficient (Wildman–Crippen LogP) is 4.87. The molecule has 1 aliphatic rings. The standard InChI is InChI=1S/C24H30N4/c1-20-25-26-24(28(20)19-23-12-6-3-7-13-23)27-17-9-16-22(18-27)15-8-14-21-10-4-2-5-11-21/h2-7,10-13,22H,8-9,14-19H2,1H3. The molecule has 1 fully saturated rings. The number of piperidine rings is 1. The molecule has 1 unspecified atom stereocenters. The van der Waals surface area contributed by atoms with Gasteiger partial charge in [-0.3, -0.25) is 4.57 Å². The van der Waals surface area contributed by atoms with Crippen LogP contribution in [-0.2, 0) is 13.0 Å². The Labute approximate surface area is 168 Å². The van der Waals surface area contributed by atoms with Crippen LogP contribution in [0.25, 0.3) is 0 Å². The molecule has 0 saturated carbocycles. The monoisotopic (exact) mass is 374 g/mol. The summed E-state index contributed by atoms with van der Waals surface area (Å²) in [6.45, 7) is 5.08. The first-order chi connectivity index (χ1) is 13.8. The summed E-state index contributed by atoms with van der Waals surface area (Å²) in [5, 5.41) is 8.92. The molecule has 28 heavy (non-hydrogen) atoms. The van der Waals surface area contributed by atoms with Crippen molar-refractivity contribution in [1.82, 2.24) is 14.8 Å². The number of hydrogen-bond acceptors (Lipinski definition) is 3. The van der Waals surface area contributed by atoms with E-state index in [1.54, 1.807) is 0 Å². The minimum absolute atomic E-state index is 0.750. The van der Waals surface area contributed by atoms with Crippen LogP contribution in [0.1, 0.15) is 42.6 Å². The van der Waals surface area contributed by atoms with Crippen molar-refractivity contribution < 1.29 is 0 Å². The van der Waals surface area contributed by atoms with Crippen LogP contribution in [-0.4, -0.2) is 27.9 Å². The lowest BCUT2D eigenvalue weighted by Crippen LogP contribution is -2.37. The Balaban J connectivity index is 1.38. The fraction of sp³-hybridized carbons (Fsp3) is 0.417. The zero-order chi connectivity index (χ0) is 19.2. The van der Waals surface area contributed by atoms with Gasteiger partial charge in [0.15, 0.2) is 0 Å². The Morgan fingerprint density at radius 2 is 1.64 bits per heavy atom. The third-order valence-corrected chi connectivity index (χ3v) is 5.82. The van der Waals surface area contributed by atoms with Crippen molar-refractivity contribution in [3.8, 4) is 0 Å². The van der Waals surface area contributed by atoms with Gasteiger partial charge in [0.05, 0.1) is 6.54 Å². The van der Waals surface area contributed by atoms with E-state index in [-0.39, 0.29) is 0 Å². The molecule has 4 heteroatoms. The molecule has 1 atom stereocenters. The van der Waals surface area contributed by atoms with Crippen LogP contribution in [0.3, 0.4) is 0 Å². The normalized spacial score (nSPS) is 17.0. The highest BCUT2D eigenvalue weighted by atomic mass is 15.4. The molecule has 0 radical (unpaired) electrons. The molecule has 0 aliphatic carbocycles. The van der Waals surface area contributed by atoms with Gasteiger partial charge in [0.25, 0.3) is 0 Å². The first-order valence-corrected chi connectivity index (χ1v) is 10.5. The van der Waals surface area contributed by atoms with Crippen LogP contribution < -0.4 is 4.90 Å². The minimum Gasteiger partial charge on any atom is -0.341 e. The molecule has 146 valence electrons. The topological polar surface area (TPSA) is 34.0 Å². The van der Waals surface area contributed by atoms with Crippen molar-refractivity contribution in [3.63, 3.8) is 0 Å². The van der Waals surface area contributed by atoms with Gasteiger partial charge in [-0.2, -0.15) is 0 Å². The Morgan fingerprint density at radius 1 is 0.929 bits per heavy atom. The van der Waals surface area contributed by atoms with E-state index in [1.165, 1.54) is 43.2 Å². The van der Waals surface area contributed by atoms with Gasteiger partial charge in [-0.05, 0) is 56.1 Å². The zero-order valence-electron chi connectivity index (χ0n) is 16.8. The van der Waals surface area contributed by atoms with Crippen molar-refractivity contribution in [3.05, 3.63) is 77.6 Å². The van der Waals surface area contributed by atoms with Gasteiger partial charge in [-0.15, -0.1) is 10.2 Å². The number of rotatable bonds is 7. The van der Waals surface area contributed by atoms with Crippen molar-refractivity contribution in [2.45, 2.75) is 45.6 Å². The van der Waals surface area contributed by atoms with Gasteiger partial charge in [0.1, 0.15) is 5.82 Å². The first kappa shape index (κ1) is 18.7. The molecular formula is C24H30N4. The molecule has 1 aliphatic heterocycles. The highest BCUT2D eigenvalue weighted by molar-refractivity contribution is 5.33. The number of nitrogens with zero attached hydrogens (tertiary/aromatic N) is 4. The highest BCUT2D eigenvalue weighted by Crippen LogP contribution is 2.26. The molecule has 4 nitrogen and oxygen atoms in total. The smallest absolute Gasteiger partial charge is 0.227 e. The number of anilines is 1. The Hall–Kier alpha value is -2.62. The third-order valence-electron chi connectivity index (χ3n) is 5.82. The second-order valence-corrected chi connectivity index (χ2v) is 7.95. The van der Waals surface area contributed by atoms with Crippen LogP contribution >= 0.6 is 0 Å². The van der Waals surface area contributed by atoms with E-state index in [2.05, 4.69) is 87.3 Å². The summed E-state index contributed by atoms with van der Waals surface area (Å²) in [4.78, 5) is 2.46. The second kappa shape index (κ2) is 9.05. The second-order valence-electron chi connectivity index (χ2n) is 7.95. The lowest BCUT2D eigenvalue weighted by molar-refractivity contribution is 0.377. The molecule has 0 spiro atoms. The van der Waals surface area contributed by atoms with Crippen LogP contribution in [0, 0.1) is 12.8 Å². The molecule has 1 saturated heterocycles. The van der Waals surface area contributed by atoms with E-state index in [4.69, 9.17) is 0 Å². The maximum absolute atomic E-state index is 4.54. The first-order valence-electron chi connectivity index (χ1n) is 10.5. The minimum atomic E-state index is 0.750. The number of benzene rings is 2. The SMILES string of the molecule is Cc1nnc(N2CCCC(CCCc3ccccc3)C2)n1Cc1ccccc1.